The van der Waals surface area contributed by atoms with Gasteiger partial charge in [-0.1, -0.05) is 36.4 Å². The Labute approximate surface area is 216 Å². The van der Waals surface area contributed by atoms with Crippen LogP contribution in [0.1, 0.15) is 27.0 Å². The molecule has 1 amide bonds. The number of para-hydroxylation sites is 1. The molecule has 0 saturated heterocycles. The Morgan fingerprint density at radius 3 is 2.11 bits per heavy atom. The summed E-state index contributed by atoms with van der Waals surface area (Å²) in [5.74, 6) is -0.226. The van der Waals surface area contributed by atoms with E-state index in [1.165, 1.54) is 27.9 Å². The highest BCUT2D eigenvalue weighted by molar-refractivity contribution is 7.99. The molecule has 0 aliphatic rings. The third-order valence-corrected chi connectivity index (χ3v) is 7.58. The average Bonchev–Trinajstić information content (AvgIpc) is 2.88. The molecule has 0 radical (unpaired) electrons. The molecule has 0 spiro atoms. The van der Waals surface area contributed by atoms with Gasteiger partial charge in [0.2, 0.25) is 10.0 Å². The molecule has 1 N–H and O–H groups in total. The van der Waals surface area contributed by atoms with Crippen molar-refractivity contribution >= 4 is 39.1 Å². The number of aromatic nitrogens is 1. The van der Waals surface area contributed by atoms with Crippen LogP contribution in [0.5, 0.6) is 0 Å². The molecule has 1 heterocycles. The van der Waals surface area contributed by atoms with Crippen LogP contribution in [0.15, 0.2) is 102 Å². The van der Waals surface area contributed by atoms with Crippen LogP contribution in [0.3, 0.4) is 0 Å². The van der Waals surface area contributed by atoms with Gasteiger partial charge in [0.25, 0.3) is 5.91 Å². The highest BCUT2D eigenvalue weighted by Crippen LogP contribution is 2.31. The normalized spacial score (nSPS) is 11.2. The third kappa shape index (κ3) is 6.53. The maximum absolute atomic E-state index is 12.8. The second-order valence-corrected chi connectivity index (χ2v) is 11.1. The summed E-state index contributed by atoms with van der Waals surface area (Å²) >= 11 is 1.50. The van der Waals surface area contributed by atoms with Gasteiger partial charge in [-0.15, -0.1) is 11.8 Å². The van der Waals surface area contributed by atoms with Gasteiger partial charge in [0.15, 0.2) is 0 Å². The number of anilines is 2. The van der Waals surface area contributed by atoms with E-state index in [0.717, 1.165) is 22.4 Å². The average molecular weight is 518 g/mol. The second kappa shape index (κ2) is 11.4. The van der Waals surface area contributed by atoms with E-state index in [-0.39, 0.29) is 12.5 Å². The van der Waals surface area contributed by atoms with Crippen molar-refractivity contribution in [1.82, 2.24) is 4.98 Å². The summed E-state index contributed by atoms with van der Waals surface area (Å²) < 4.78 is 26.5. The van der Waals surface area contributed by atoms with E-state index in [1.807, 2.05) is 60.9 Å². The molecule has 4 aromatic rings. The summed E-state index contributed by atoms with van der Waals surface area (Å²) in [6.07, 6.45) is 7.47. The third-order valence-electron chi connectivity index (χ3n) is 5.67. The number of hydrogen-bond donors (Lipinski definition) is 1. The van der Waals surface area contributed by atoms with E-state index in [9.17, 15) is 13.2 Å². The molecule has 4 rings (SSSR count). The van der Waals surface area contributed by atoms with E-state index in [0.29, 0.717) is 16.9 Å². The standard InChI is InChI=1S/C28H27N3O3S2/c1-35-27-6-4-3-5-26(27)31(36(2,33)34)20-23-7-11-24(12-8-23)28(32)30-25-13-9-21(10-14-25)19-22-15-17-29-18-16-22/h3-18H,19-20H2,1-2H3,(H,30,32). The first-order chi connectivity index (χ1) is 17.3. The van der Waals surface area contributed by atoms with Crippen LogP contribution in [-0.2, 0) is 23.0 Å². The monoisotopic (exact) mass is 517 g/mol. The lowest BCUT2D eigenvalue weighted by Gasteiger charge is -2.24. The van der Waals surface area contributed by atoms with Gasteiger partial charge in [-0.25, -0.2) is 8.42 Å². The summed E-state index contributed by atoms with van der Waals surface area (Å²) in [5, 5.41) is 2.92. The highest BCUT2D eigenvalue weighted by Gasteiger charge is 2.20. The Hall–Kier alpha value is -3.62. The van der Waals surface area contributed by atoms with Crippen molar-refractivity contribution in [1.29, 1.82) is 0 Å². The van der Waals surface area contributed by atoms with Crippen LogP contribution in [-0.4, -0.2) is 31.8 Å². The number of thioether (sulfide) groups is 1. The van der Waals surface area contributed by atoms with Crippen LogP contribution < -0.4 is 9.62 Å². The molecule has 36 heavy (non-hydrogen) atoms. The van der Waals surface area contributed by atoms with Crippen molar-refractivity contribution < 1.29 is 13.2 Å². The molecule has 0 fully saturated rings. The SMILES string of the molecule is CSc1ccccc1N(Cc1ccc(C(=O)Nc2ccc(Cc3ccncc3)cc2)cc1)S(C)(=O)=O. The van der Waals surface area contributed by atoms with Gasteiger partial charge in [0.1, 0.15) is 0 Å². The smallest absolute Gasteiger partial charge is 0.255 e. The fourth-order valence-electron chi connectivity index (χ4n) is 3.79. The summed E-state index contributed by atoms with van der Waals surface area (Å²) in [7, 11) is -3.50. The first-order valence-electron chi connectivity index (χ1n) is 11.3. The number of sulfonamides is 1. The molecule has 0 aliphatic heterocycles. The molecule has 8 heteroatoms. The van der Waals surface area contributed by atoms with Gasteiger partial charge in [-0.3, -0.25) is 14.1 Å². The molecular weight excluding hydrogens is 490 g/mol. The fourth-order valence-corrected chi connectivity index (χ4v) is 5.35. The summed E-state index contributed by atoms with van der Waals surface area (Å²) in [6, 6.07) is 26.1. The Bertz CT molecular complexity index is 1420. The molecule has 0 atom stereocenters. The van der Waals surface area contributed by atoms with Gasteiger partial charge in [-0.2, -0.15) is 0 Å². The Balaban J connectivity index is 1.43. The van der Waals surface area contributed by atoms with Crippen LogP contribution in [0.2, 0.25) is 0 Å². The Morgan fingerprint density at radius 2 is 1.47 bits per heavy atom. The zero-order valence-corrected chi connectivity index (χ0v) is 21.7. The molecule has 6 nitrogen and oxygen atoms in total. The highest BCUT2D eigenvalue weighted by atomic mass is 32.2. The lowest BCUT2D eigenvalue weighted by molar-refractivity contribution is 0.102. The molecule has 0 saturated carbocycles. The van der Waals surface area contributed by atoms with E-state index in [2.05, 4.69) is 10.3 Å². The van der Waals surface area contributed by atoms with E-state index in [1.54, 1.807) is 42.7 Å². The van der Waals surface area contributed by atoms with Crippen molar-refractivity contribution in [2.75, 3.05) is 22.1 Å². The van der Waals surface area contributed by atoms with Gasteiger partial charge >= 0.3 is 0 Å². The predicted octanol–water partition coefficient (Wildman–Crippen LogP) is 5.61. The van der Waals surface area contributed by atoms with Gasteiger partial charge in [0.05, 0.1) is 18.5 Å². The van der Waals surface area contributed by atoms with Crippen LogP contribution in [0.4, 0.5) is 11.4 Å². The molecular formula is C28H27N3O3S2. The van der Waals surface area contributed by atoms with Crippen LogP contribution >= 0.6 is 11.8 Å². The number of carbonyl (C=O) groups excluding carboxylic acids is 1. The summed E-state index contributed by atoms with van der Waals surface area (Å²) in [5.41, 5.74) is 4.94. The number of rotatable bonds is 9. The zero-order chi connectivity index (χ0) is 25.5. The molecule has 1 aromatic heterocycles. The minimum Gasteiger partial charge on any atom is -0.322 e. The van der Waals surface area contributed by atoms with Crippen molar-refractivity contribution in [2.45, 2.75) is 17.9 Å². The Morgan fingerprint density at radius 1 is 0.861 bits per heavy atom. The fraction of sp³-hybridized carbons (Fsp3) is 0.143. The lowest BCUT2D eigenvalue weighted by Crippen LogP contribution is -2.29. The van der Waals surface area contributed by atoms with E-state index in [4.69, 9.17) is 0 Å². The first kappa shape index (κ1) is 25.5. The van der Waals surface area contributed by atoms with Gasteiger partial charge in [-0.05, 0) is 77.9 Å². The van der Waals surface area contributed by atoms with Gasteiger partial charge in [0, 0.05) is 28.5 Å². The molecule has 0 unspecified atom stereocenters. The summed E-state index contributed by atoms with van der Waals surface area (Å²) in [4.78, 5) is 17.7. The van der Waals surface area contributed by atoms with Crippen molar-refractivity contribution in [3.63, 3.8) is 0 Å². The number of carbonyl (C=O) groups is 1. The lowest BCUT2D eigenvalue weighted by atomic mass is 10.1. The van der Waals surface area contributed by atoms with Crippen molar-refractivity contribution in [3.05, 3.63) is 120 Å². The quantitative estimate of drug-likeness (QED) is 0.292. The topological polar surface area (TPSA) is 79.4 Å². The number of benzene rings is 3. The van der Waals surface area contributed by atoms with Crippen LogP contribution in [0.25, 0.3) is 0 Å². The first-order valence-corrected chi connectivity index (χ1v) is 14.4. The minimum absolute atomic E-state index is 0.178. The molecule has 0 aliphatic carbocycles. The molecule has 3 aromatic carbocycles. The number of amides is 1. The number of nitrogens with zero attached hydrogens (tertiary/aromatic N) is 2. The van der Waals surface area contributed by atoms with Gasteiger partial charge < -0.3 is 5.32 Å². The Kier molecular flexibility index (Phi) is 8.07. The van der Waals surface area contributed by atoms with Crippen LogP contribution in [0, 0.1) is 0 Å². The van der Waals surface area contributed by atoms with Crippen molar-refractivity contribution in [3.8, 4) is 0 Å². The van der Waals surface area contributed by atoms with Crippen molar-refractivity contribution in [2.24, 2.45) is 0 Å². The number of pyridine rings is 1. The van der Waals surface area contributed by atoms with E-state index >= 15 is 0 Å². The zero-order valence-electron chi connectivity index (χ0n) is 20.1. The molecule has 184 valence electrons. The van der Waals surface area contributed by atoms with E-state index < -0.39 is 10.0 Å². The number of hydrogen-bond acceptors (Lipinski definition) is 5. The molecule has 0 bridgehead atoms. The predicted molar refractivity (Wildman–Crippen MR) is 147 cm³/mol. The maximum Gasteiger partial charge on any atom is 0.255 e. The largest absolute Gasteiger partial charge is 0.322 e. The second-order valence-electron chi connectivity index (χ2n) is 8.32. The minimum atomic E-state index is -3.50. The summed E-state index contributed by atoms with van der Waals surface area (Å²) in [6.45, 7) is 0.178. The number of nitrogens with one attached hydrogen (secondary N) is 1. The maximum atomic E-state index is 12.8.